The van der Waals surface area contributed by atoms with Crippen LogP contribution in [0.25, 0.3) is 132 Å². The van der Waals surface area contributed by atoms with E-state index in [0.29, 0.717) is 45.8 Å². The fourth-order valence-electron chi connectivity index (χ4n) is 10.2. The van der Waals surface area contributed by atoms with Crippen LogP contribution in [0.1, 0.15) is 0 Å². The van der Waals surface area contributed by atoms with Crippen molar-refractivity contribution in [1.29, 1.82) is 0 Å². The van der Waals surface area contributed by atoms with Crippen molar-refractivity contribution in [2.45, 2.75) is 0 Å². The van der Waals surface area contributed by atoms with Gasteiger partial charge in [-0.25, -0.2) is 9.97 Å². The van der Waals surface area contributed by atoms with Gasteiger partial charge in [0.05, 0.1) is 50.5 Å². The summed E-state index contributed by atoms with van der Waals surface area (Å²) in [6.45, 7) is 0. The summed E-state index contributed by atoms with van der Waals surface area (Å²) in [5.41, 5.74) is 9.49. The van der Waals surface area contributed by atoms with Crippen molar-refractivity contribution in [3.8, 4) is 68.0 Å². The molecule has 0 fully saturated rings. The number of hydrogen-bond acceptors (Lipinski definition) is 6. The summed E-state index contributed by atoms with van der Waals surface area (Å²) in [5, 5.41) is 12.5. The molecule has 0 aliphatic carbocycles. The van der Waals surface area contributed by atoms with Crippen molar-refractivity contribution in [3.05, 3.63) is 146 Å². The smallest absolute Gasteiger partial charge is 0.169 e. The van der Waals surface area contributed by atoms with Gasteiger partial charge in [0.15, 0.2) is 23.0 Å². The van der Waals surface area contributed by atoms with Crippen molar-refractivity contribution >= 4 is 86.7 Å². The molecule has 8 nitrogen and oxygen atoms in total. The summed E-state index contributed by atoms with van der Waals surface area (Å²) in [6, 6.07) is 51.3. The lowest BCUT2D eigenvalue weighted by atomic mass is 9.97. The molecule has 0 saturated heterocycles. The highest BCUT2D eigenvalue weighted by atomic mass is 16.5. The van der Waals surface area contributed by atoms with E-state index >= 15 is 0 Å². The molecule has 0 amide bonds. The predicted octanol–water partition coefficient (Wildman–Crippen LogP) is 13.9. The van der Waals surface area contributed by atoms with Gasteiger partial charge in [-0.15, -0.1) is 0 Å². The highest BCUT2D eigenvalue weighted by Gasteiger charge is 2.30. The second-order valence-corrected chi connectivity index (χ2v) is 16.5. The summed E-state index contributed by atoms with van der Waals surface area (Å²) < 4.78 is 26.3. The Kier molecular flexibility index (Phi) is 7.70. The molecule has 0 unspecified atom stereocenters. The quantitative estimate of drug-likeness (QED) is 0.183. The summed E-state index contributed by atoms with van der Waals surface area (Å²) in [5.74, 6) is 2.34. The Morgan fingerprint density at radius 2 is 0.500 bits per heavy atom. The minimum atomic E-state index is 0.584. The molecular formula is C56H38N4O4. The van der Waals surface area contributed by atoms with Gasteiger partial charge in [0, 0.05) is 43.8 Å². The number of nitrogens with one attached hydrogen (secondary N) is 2. The standard InChI is InChI=1S/C56H38N4O4/c1-61-53-45-37-21-29-13-5-7-15-31(29)23-39(37)47(57-45)54(62-2)49-41-25-33-17-9-11-19-35(33)27-43(41)51(59-49)56(64-4)52-44-28-36-20-12-10-18-34(36)26-42(44)50(60-52)55(63-3)48-40-24-32-16-8-6-14-30(32)22-38(40)46(53)58-48/h5-28,57,60H,1-4H3. The van der Waals surface area contributed by atoms with Gasteiger partial charge in [0.2, 0.25) is 0 Å². The monoisotopic (exact) mass is 830 g/mol. The van der Waals surface area contributed by atoms with Gasteiger partial charge in [0.25, 0.3) is 0 Å². The van der Waals surface area contributed by atoms with E-state index < -0.39 is 0 Å². The number of aromatic nitrogens is 4. The molecule has 0 atom stereocenters. The van der Waals surface area contributed by atoms with Crippen molar-refractivity contribution < 1.29 is 18.9 Å². The number of fused-ring (bicyclic) bond motifs is 24. The van der Waals surface area contributed by atoms with E-state index in [1.165, 1.54) is 0 Å². The molecular weight excluding hydrogens is 793 g/mol. The van der Waals surface area contributed by atoms with Gasteiger partial charge >= 0.3 is 0 Å². The predicted molar refractivity (Wildman–Crippen MR) is 261 cm³/mol. The largest absolute Gasteiger partial charge is 0.492 e. The molecule has 5 heterocycles. The topological polar surface area (TPSA) is 94.3 Å². The van der Waals surface area contributed by atoms with Gasteiger partial charge < -0.3 is 28.9 Å². The van der Waals surface area contributed by atoms with Crippen LogP contribution in [-0.4, -0.2) is 48.4 Å². The summed E-state index contributed by atoms with van der Waals surface area (Å²) in [7, 11) is 6.86. The molecule has 2 N–H and O–H groups in total. The Morgan fingerprint density at radius 3 is 0.703 bits per heavy atom. The molecule has 0 radical (unpaired) electrons. The Bertz CT molecular complexity index is 3520. The highest BCUT2D eigenvalue weighted by molar-refractivity contribution is 6.20. The third-order valence-corrected chi connectivity index (χ3v) is 13.2. The summed E-state index contributed by atoms with van der Waals surface area (Å²) in [4.78, 5) is 18.8. The van der Waals surface area contributed by atoms with Crippen LogP contribution in [0.15, 0.2) is 146 Å². The first-order chi connectivity index (χ1) is 31.5. The number of H-pyrrole nitrogens is 2. The van der Waals surface area contributed by atoms with Crippen LogP contribution in [-0.2, 0) is 0 Å². The van der Waals surface area contributed by atoms with Crippen molar-refractivity contribution in [2.75, 3.05) is 28.4 Å². The van der Waals surface area contributed by atoms with Gasteiger partial charge in [-0.3, -0.25) is 0 Å². The van der Waals surface area contributed by atoms with Gasteiger partial charge in [0.1, 0.15) is 22.8 Å². The molecule has 0 spiro atoms. The normalized spacial score (nSPS) is 12.1. The van der Waals surface area contributed by atoms with E-state index in [2.05, 4.69) is 156 Å². The fraction of sp³-hybridized carbons (Fsp3) is 0.0714. The lowest BCUT2D eigenvalue weighted by Crippen LogP contribution is -1.90. The van der Waals surface area contributed by atoms with Crippen molar-refractivity contribution in [1.82, 2.24) is 19.9 Å². The number of ether oxygens (including phenoxy) is 4. The summed E-state index contributed by atoms with van der Waals surface area (Å²) >= 11 is 0. The van der Waals surface area contributed by atoms with Gasteiger partial charge in [-0.2, -0.15) is 0 Å². The second kappa shape index (κ2) is 13.6. The van der Waals surface area contributed by atoms with Crippen LogP contribution >= 0.6 is 0 Å². The average molecular weight is 831 g/mol. The molecule has 13 rings (SSSR count). The molecule has 8 aromatic carbocycles. The first kappa shape index (κ1) is 36.3. The van der Waals surface area contributed by atoms with Crippen LogP contribution in [0.4, 0.5) is 0 Å². The minimum Gasteiger partial charge on any atom is -0.492 e. The number of hydrogen-bond donors (Lipinski definition) is 2. The number of nitrogens with zero attached hydrogens (tertiary/aromatic N) is 2. The maximum Gasteiger partial charge on any atom is 0.169 e. The summed E-state index contributed by atoms with van der Waals surface area (Å²) in [6.07, 6.45) is 0. The van der Waals surface area contributed by atoms with E-state index in [1.807, 2.05) is 0 Å². The van der Waals surface area contributed by atoms with E-state index in [4.69, 9.17) is 28.9 Å². The molecule has 306 valence electrons. The van der Waals surface area contributed by atoms with E-state index in [-0.39, 0.29) is 0 Å². The number of aromatic amines is 2. The Labute approximate surface area is 366 Å². The van der Waals surface area contributed by atoms with E-state index in [1.54, 1.807) is 28.4 Å². The number of methoxy groups -OCH3 is 4. The second-order valence-electron chi connectivity index (χ2n) is 16.5. The van der Waals surface area contributed by atoms with Crippen LogP contribution in [0, 0.1) is 0 Å². The van der Waals surface area contributed by atoms with E-state index in [9.17, 15) is 0 Å². The zero-order valence-corrected chi connectivity index (χ0v) is 35.4. The molecule has 64 heavy (non-hydrogen) atoms. The molecule has 11 aromatic rings. The molecule has 8 heteroatoms. The average Bonchev–Trinajstić information content (AvgIpc) is 4.09. The maximum atomic E-state index is 6.57. The Morgan fingerprint density at radius 1 is 0.297 bits per heavy atom. The third-order valence-electron chi connectivity index (χ3n) is 13.2. The Balaban J connectivity index is 1.34. The molecule has 2 aliphatic rings. The van der Waals surface area contributed by atoms with Crippen LogP contribution < -0.4 is 18.9 Å². The third kappa shape index (κ3) is 5.05. The lowest BCUT2D eigenvalue weighted by molar-refractivity contribution is 0.416. The molecule has 0 saturated carbocycles. The highest BCUT2D eigenvalue weighted by Crippen LogP contribution is 2.53. The molecule has 8 bridgehead atoms. The lowest BCUT2D eigenvalue weighted by Gasteiger charge is -2.09. The van der Waals surface area contributed by atoms with Crippen molar-refractivity contribution in [3.63, 3.8) is 0 Å². The maximum absolute atomic E-state index is 6.57. The van der Waals surface area contributed by atoms with Gasteiger partial charge in [-0.1, -0.05) is 97.1 Å². The van der Waals surface area contributed by atoms with Crippen LogP contribution in [0.5, 0.6) is 23.0 Å². The molecule has 2 aliphatic heterocycles. The molecule has 3 aromatic heterocycles. The van der Waals surface area contributed by atoms with E-state index in [0.717, 1.165) is 109 Å². The number of rotatable bonds is 4. The van der Waals surface area contributed by atoms with Crippen LogP contribution in [0.3, 0.4) is 0 Å². The zero-order chi connectivity index (χ0) is 42.8. The minimum absolute atomic E-state index is 0.584. The first-order valence-electron chi connectivity index (χ1n) is 21.3. The fourth-order valence-corrected chi connectivity index (χ4v) is 10.2. The van der Waals surface area contributed by atoms with Gasteiger partial charge in [-0.05, 0) is 91.6 Å². The first-order valence-corrected chi connectivity index (χ1v) is 21.3. The van der Waals surface area contributed by atoms with Crippen LogP contribution in [0.2, 0.25) is 0 Å². The number of benzene rings is 8. The Hall–Kier alpha value is -8.36. The van der Waals surface area contributed by atoms with Crippen molar-refractivity contribution in [2.24, 2.45) is 0 Å². The SMILES string of the molecule is COc1c2nc(c(OC)c3[nH]c(c(OC)c4nc(c(OC)c5[nH]c1c1cc6ccccc6cc51)-c1cc5ccccc5cc1-4)c1cc4ccccc4cc31)-c1cc3ccccc3cc1-2. The zero-order valence-electron chi connectivity index (χ0n) is 35.4.